The van der Waals surface area contributed by atoms with Crippen LogP contribution in [0.15, 0.2) is 77.3 Å². The molecule has 0 aromatic heterocycles. The van der Waals surface area contributed by atoms with E-state index in [1.165, 1.54) is 11.1 Å². The Balaban J connectivity index is 1.35. The van der Waals surface area contributed by atoms with Crippen molar-refractivity contribution in [1.29, 1.82) is 0 Å². The second kappa shape index (κ2) is 9.35. The topological polar surface area (TPSA) is 42.0 Å². The van der Waals surface area contributed by atoms with Crippen LogP contribution in [0.2, 0.25) is 0 Å². The molecule has 6 heteroatoms. The zero-order valence-corrected chi connectivity index (χ0v) is 19.3. The highest BCUT2D eigenvalue weighted by Gasteiger charge is 2.30. The predicted octanol–water partition coefficient (Wildman–Crippen LogP) is 4.77. The molecule has 32 heavy (non-hydrogen) atoms. The number of carbonyl (C=O) groups is 1. The summed E-state index contributed by atoms with van der Waals surface area (Å²) in [7, 11) is 0. The first kappa shape index (κ1) is 21.0. The van der Waals surface area contributed by atoms with E-state index in [1.807, 2.05) is 29.2 Å². The van der Waals surface area contributed by atoms with E-state index in [4.69, 9.17) is 9.47 Å². The maximum atomic E-state index is 13.3. The molecule has 2 heterocycles. The molecule has 5 nitrogen and oxygen atoms in total. The number of hydrogen-bond acceptors (Lipinski definition) is 4. The lowest BCUT2D eigenvalue weighted by Gasteiger charge is -2.40. The lowest BCUT2D eigenvalue weighted by Crippen LogP contribution is -2.50. The lowest BCUT2D eigenvalue weighted by molar-refractivity contribution is 0.0589. The van der Waals surface area contributed by atoms with Crippen LogP contribution < -0.4 is 9.47 Å². The largest absolute Gasteiger partial charge is 0.486 e. The summed E-state index contributed by atoms with van der Waals surface area (Å²) in [6.45, 7) is 3.92. The third kappa shape index (κ3) is 4.25. The number of fused-ring (bicyclic) bond motifs is 1. The van der Waals surface area contributed by atoms with E-state index in [2.05, 4.69) is 69.4 Å². The van der Waals surface area contributed by atoms with Gasteiger partial charge in [-0.05, 0) is 35.4 Å². The fraction of sp³-hybridized carbons (Fsp3) is 0.269. The molecule has 0 aliphatic carbocycles. The first-order chi connectivity index (χ1) is 15.7. The van der Waals surface area contributed by atoms with Crippen LogP contribution in [-0.4, -0.2) is 55.1 Å². The van der Waals surface area contributed by atoms with Gasteiger partial charge < -0.3 is 14.4 Å². The number of hydrogen-bond donors (Lipinski definition) is 0. The highest BCUT2D eigenvalue weighted by molar-refractivity contribution is 9.10. The summed E-state index contributed by atoms with van der Waals surface area (Å²) in [6, 6.07) is 24.8. The van der Waals surface area contributed by atoms with Gasteiger partial charge in [-0.15, -0.1) is 0 Å². The number of nitrogens with zero attached hydrogens (tertiary/aromatic N) is 2. The van der Waals surface area contributed by atoms with Crippen molar-refractivity contribution in [1.82, 2.24) is 9.80 Å². The average molecular weight is 493 g/mol. The summed E-state index contributed by atoms with van der Waals surface area (Å²) in [5.74, 6) is 1.23. The minimum Gasteiger partial charge on any atom is -0.486 e. The van der Waals surface area contributed by atoms with E-state index in [1.54, 1.807) is 0 Å². The van der Waals surface area contributed by atoms with E-state index in [-0.39, 0.29) is 11.9 Å². The van der Waals surface area contributed by atoms with Crippen LogP contribution in [0.5, 0.6) is 11.5 Å². The lowest BCUT2D eigenvalue weighted by atomic mass is 9.96. The first-order valence-electron chi connectivity index (χ1n) is 10.9. The molecule has 0 spiro atoms. The fourth-order valence-electron chi connectivity index (χ4n) is 4.49. The molecular formula is C26H25BrN2O3. The Hall–Kier alpha value is -2.83. The number of benzene rings is 3. The molecule has 0 saturated carbocycles. The van der Waals surface area contributed by atoms with Crippen LogP contribution in [0.1, 0.15) is 27.5 Å². The van der Waals surface area contributed by atoms with E-state index in [9.17, 15) is 4.79 Å². The van der Waals surface area contributed by atoms with Crippen LogP contribution >= 0.6 is 15.9 Å². The number of para-hydroxylation sites is 1. The monoisotopic (exact) mass is 492 g/mol. The summed E-state index contributed by atoms with van der Waals surface area (Å²) in [4.78, 5) is 17.7. The van der Waals surface area contributed by atoms with Gasteiger partial charge in [0.15, 0.2) is 11.5 Å². The van der Waals surface area contributed by atoms with E-state index < -0.39 is 0 Å². The third-order valence-electron chi connectivity index (χ3n) is 6.06. The number of ether oxygens (including phenoxy) is 2. The van der Waals surface area contributed by atoms with E-state index in [0.29, 0.717) is 43.4 Å². The maximum Gasteiger partial charge on any atom is 0.257 e. The molecule has 0 N–H and O–H groups in total. The van der Waals surface area contributed by atoms with Gasteiger partial charge >= 0.3 is 0 Å². The Kier molecular flexibility index (Phi) is 6.14. The van der Waals surface area contributed by atoms with Crippen LogP contribution in [-0.2, 0) is 0 Å². The number of carbonyl (C=O) groups excluding carboxylic acids is 1. The SMILES string of the molecule is O=C(c1cccc2c1OCCO2)N1CCN([C@@H](c2ccccc2)c2ccc(Br)cc2)CC1. The summed E-state index contributed by atoms with van der Waals surface area (Å²) in [6.07, 6.45) is 0. The minimum atomic E-state index is 0.00639. The van der Waals surface area contributed by atoms with Gasteiger partial charge in [0.25, 0.3) is 5.91 Å². The fourth-order valence-corrected chi connectivity index (χ4v) is 4.75. The smallest absolute Gasteiger partial charge is 0.257 e. The van der Waals surface area contributed by atoms with Gasteiger partial charge in [-0.1, -0.05) is 64.5 Å². The van der Waals surface area contributed by atoms with Gasteiger partial charge in [0.1, 0.15) is 13.2 Å². The molecule has 1 amide bonds. The Labute approximate surface area is 196 Å². The highest BCUT2D eigenvalue weighted by Crippen LogP contribution is 2.35. The highest BCUT2D eigenvalue weighted by atomic mass is 79.9. The Bertz CT molecular complexity index is 1080. The van der Waals surface area contributed by atoms with Gasteiger partial charge in [0, 0.05) is 30.7 Å². The Morgan fingerprint density at radius 2 is 1.47 bits per heavy atom. The van der Waals surface area contributed by atoms with Crippen molar-refractivity contribution in [2.45, 2.75) is 6.04 Å². The molecule has 2 aliphatic rings. The number of halogens is 1. The minimum absolute atomic E-state index is 0.00639. The number of rotatable bonds is 4. The number of amides is 1. The van der Waals surface area contributed by atoms with Crippen LogP contribution in [0, 0.1) is 0 Å². The van der Waals surface area contributed by atoms with Crippen LogP contribution in [0.3, 0.4) is 0 Å². The molecule has 0 bridgehead atoms. The average Bonchev–Trinajstić information content (AvgIpc) is 2.86. The van der Waals surface area contributed by atoms with Crippen molar-refractivity contribution in [2.24, 2.45) is 0 Å². The standard InChI is InChI=1S/C26H25BrN2O3/c27-21-11-9-20(10-12-21)24(19-5-2-1-3-6-19)28-13-15-29(16-14-28)26(30)22-7-4-8-23-25(22)32-18-17-31-23/h1-12,24H,13-18H2/t24-/m0/s1. The maximum absolute atomic E-state index is 13.3. The Morgan fingerprint density at radius 1 is 0.781 bits per heavy atom. The molecule has 1 atom stereocenters. The summed E-state index contributed by atoms with van der Waals surface area (Å²) in [5.41, 5.74) is 3.10. The normalized spacial score (nSPS) is 17.1. The van der Waals surface area contributed by atoms with Gasteiger partial charge in [-0.25, -0.2) is 0 Å². The van der Waals surface area contributed by atoms with Gasteiger partial charge in [-0.3, -0.25) is 9.69 Å². The van der Waals surface area contributed by atoms with Crippen molar-refractivity contribution < 1.29 is 14.3 Å². The molecule has 1 fully saturated rings. The zero-order valence-electron chi connectivity index (χ0n) is 17.7. The first-order valence-corrected chi connectivity index (χ1v) is 11.7. The van der Waals surface area contributed by atoms with Crippen molar-refractivity contribution in [3.63, 3.8) is 0 Å². The van der Waals surface area contributed by atoms with Crippen molar-refractivity contribution in [3.05, 3.63) is 94.0 Å². The quantitative estimate of drug-likeness (QED) is 0.526. The summed E-state index contributed by atoms with van der Waals surface area (Å²) in [5, 5.41) is 0. The van der Waals surface area contributed by atoms with Crippen molar-refractivity contribution in [3.8, 4) is 11.5 Å². The van der Waals surface area contributed by atoms with Crippen LogP contribution in [0.25, 0.3) is 0 Å². The van der Waals surface area contributed by atoms with E-state index in [0.717, 1.165) is 17.6 Å². The molecule has 3 aromatic carbocycles. The molecule has 3 aromatic rings. The zero-order chi connectivity index (χ0) is 21.9. The third-order valence-corrected chi connectivity index (χ3v) is 6.59. The molecule has 0 radical (unpaired) electrons. The van der Waals surface area contributed by atoms with Crippen LogP contribution in [0.4, 0.5) is 0 Å². The Morgan fingerprint density at radius 3 is 2.22 bits per heavy atom. The second-order valence-electron chi connectivity index (χ2n) is 8.02. The van der Waals surface area contributed by atoms with Gasteiger partial charge in [-0.2, -0.15) is 0 Å². The van der Waals surface area contributed by atoms with Gasteiger partial charge in [0.2, 0.25) is 0 Å². The molecule has 0 unspecified atom stereocenters. The number of piperazine rings is 1. The second-order valence-corrected chi connectivity index (χ2v) is 8.94. The van der Waals surface area contributed by atoms with Crippen molar-refractivity contribution >= 4 is 21.8 Å². The summed E-state index contributed by atoms with van der Waals surface area (Å²) < 4.78 is 12.5. The van der Waals surface area contributed by atoms with Crippen molar-refractivity contribution in [2.75, 3.05) is 39.4 Å². The molecule has 1 saturated heterocycles. The molecule has 2 aliphatic heterocycles. The molecular weight excluding hydrogens is 468 g/mol. The molecule has 5 rings (SSSR count). The van der Waals surface area contributed by atoms with E-state index >= 15 is 0 Å². The predicted molar refractivity (Wildman–Crippen MR) is 127 cm³/mol. The summed E-state index contributed by atoms with van der Waals surface area (Å²) >= 11 is 3.54. The molecule has 164 valence electrons. The van der Waals surface area contributed by atoms with Gasteiger partial charge in [0.05, 0.1) is 11.6 Å².